The van der Waals surface area contributed by atoms with Crippen LogP contribution in [-0.2, 0) is 5.41 Å². The largest absolute Gasteiger partial charge is 0.456 e. The van der Waals surface area contributed by atoms with Crippen molar-refractivity contribution in [1.82, 2.24) is 9.97 Å². The van der Waals surface area contributed by atoms with E-state index in [4.69, 9.17) is 14.4 Å². The monoisotopic (exact) mass is 698 g/mol. The third kappa shape index (κ3) is 4.45. The first kappa shape index (κ1) is 30.6. The normalized spacial score (nSPS) is 15.2. The highest BCUT2D eigenvalue weighted by molar-refractivity contribution is 6.08. The molecule has 254 valence electrons. The first-order chi connectivity index (χ1) is 26.5. The summed E-state index contributed by atoms with van der Waals surface area (Å²) in [5.41, 5.74) is 14.0. The van der Waals surface area contributed by atoms with Crippen LogP contribution in [-0.4, -0.2) is 9.97 Å². The van der Waals surface area contributed by atoms with E-state index >= 15 is 0 Å². The third-order valence-electron chi connectivity index (χ3n) is 11.1. The van der Waals surface area contributed by atoms with Crippen LogP contribution >= 0.6 is 0 Å². The smallest absolute Gasteiger partial charge is 0.160 e. The number of fused-ring (bicyclic) bond motifs is 12. The van der Waals surface area contributed by atoms with Crippen molar-refractivity contribution >= 4 is 34.1 Å². The van der Waals surface area contributed by atoms with Gasteiger partial charge in [-0.05, 0) is 123 Å². The van der Waals surface area contributed by atoms with Gasteiger partial charge in [0.25, 0.3) is 0 Å². The molecule has 0 N–H and O–H groups in total. The van der Waals surface area contributed by atoms with Crippen LogP contribution in [0, 0.1) is 11.6 Å². The summed E-state index contributed by atoms with van der Waals surface area (Å²) in [7, 11) is 0. The zero-order valence-corrected chi connectivity index (χ0v) is 28.7. The van der Waals surface area contributed by atoms with Crippen molar-refractivity contribution in [3.05, 3.63) is 203 Å². The van der Waals surface area contributed by atoms with E-state index < -0.39 is 5.41 Å². The molecule has 0 fully saturated rings. The number of rotatable bonds is 3. The first-order valence-electron chi connectivity index (χ1n) is 17.9. The molecule has 1 atom stereocenters. The fourth-order valence-electron chi connectivity index (χ4n) is 8.68. The van der Waals surface area contributed by atoms with Crippen LogP contribution < -0.4 is 0 Å². The Bertz CT molecular complexity index is 2950. The molecule has 7 aromatic carbocycles. The third-order valence-corrected chi connectivity index (χ3v) is 11.1. The highest BCUT2D eigenvalue weighted by Crippen LogP contribution is 2.59. The van der Waals surface area contributed by atoms with Gasteiger partial charge in [0.2, 0.25) is 0 Å². The van der Waals surface area contributed by atoms with Gasteiger partial charge in [0.05, 0.1) is 16.8 Å². The molecule has 0 saturated heterocycles. The van der Waals surface area contributed by atoms with Crippen LogP contribution in [0.2, 0.25) is 0 Å². The van der Waals surface area contributed by atoms with Crippen LogP contribution in [0.5, 0.6) is 0 Å². The summed E-state index contributed by atoms with van der Waals surface area (Å²) < 4.78 is 34.5. The van der Waals surface area contributed by atoms with Crippen molar-refractivity contribution in [3.8, 4) is 45.0 Å². The average Bonchev–Trinajstić information content (AvgIpc) is 3.67. The molecule has 0 saturated carbocycles. The molecule has 1 spiro atoms. The molecule has 2 aromatic heterocycles. The highest BCUT2D eigenvalue weighted by Gasteiger charge is 2.49. The maximum Gasteiger partial charge on any atom is 0.160 e. The standard InChI is InChI=1S/C49H28F2N2O/c50-34-20-15-30(16-21-34)44-28-45(31-17-22-35(51)23-18-31)53-48(52-44)33-19-24-41-32(25-33)14-13-29-7-1-4-10-40(29)49(41)42-11-5-2-8-36(42)38-26-39-37-9-3-6-12-46(37)54-47(39)27-43(38)49/h1-28H. The molecule has 0 radical (unpaired) electrons. The molecule has 0 bridgehead atoms. The van der Waals surface area contributed by atoms with Crippen molar-refractivity contribution in [2.75, 3.05) is 0 Å². The van der Waals surface area contributed by atoms with Crippen molar-refractivity contribution < 1.29 is 13.2 Å². The summed E-state index contributed by atoms with van der Waals surface area (Å²) in [5, 5.41) is 2.20. The number of hydrogen-bond donors (Lipinski definition) is 0. The second-order valence-corrected chi connectivity index (χ2v) is 14.0. The number of hydrogen-bond acceptors (Lipinski definition) is 3. The Labute approximate surface area is 309 Å². The summed E-state index contributed by atoms with van der Waals surface area (Å²) in [5.74, 6) is -0.134. The minimum atomic E-state index is -0.650. The van der Waals surface area contributed by atoms with E-state index in [0.717, 1.165) is 55.3 Å². The lowest BCUT2D eigenvalue weighted by Gasteiger charge is -2.35. The van der Waals surface area contributed by atoms with Crippen molar-refractivity contribution in [1.29, 1.82) is 0 Å². The van der Waals surface area contributed by atoms with Crippen LogP contribution in [0.3, 0.4) is 0 Å². The predicted molar refractivity (Wildman–Crippen MR) is 212 cm³/mol. The van der Waals surface area contributed by atoms with Gasteiger partial charge in [-0.15, -0.1) is 0 Å². The van der Waals surface area contributed by atoms with Crippen LogP contribution in [0.4, 0.5) is 8.78 Å². The Kier molecular flexibility index (Phi) is 6.53. The molecule has 2 heterocycles. The first-order valence-corrected chi connectivity index (χ1v) is 17.9. The number of aromatic nitrogens is 2. The highest BCUT2D eigenvalue weighted by atomic mass is 19.1. The minimum Gasteiger partial charge on any atom is -0.456 e. The van der Waals surface area contributed by atoms with Crippen LogP contribution in [0.15, 0.2) is 162 Å². The Morgan fingerprint density at radius 3 is 1.80 bits per heavy atom. The van der Waals surface area contributed by atoms with Gasteiger partial charge in [0.15, 0.2) is 5.82 Å². The van der Waals surface area contributed by atoms with Crippen LogP contribution in [0.1, 0.15) is 33.4 Å². The van der Waals surface area contributed by atoms with Gasteiger partial charge in [0.1, 0.15) is 22.8 Å². The van der Waals surface area contributed by atoms with Gasteiger partial charge >= 0.3 is 0 Å². The predicted octanol–water partition coefficient (Wildman–Crippen LogP) is 12.5. The Morgan fingerprint density at radius 2 is 1.04 bits per heavy atom. The molecular weight excluding hydrogens is 671 g/mol. The van der Waals surface area contributed by atoms with Gasteiger partial charge in [-0.25, -0.2) is 18.7 Å². The summed E-state index contributed by atoms with van der Waals surface area (Å²) in [6.45, 7) is 0. The summed E-state index contributed by atoms with van der Waals surface area (Å²) in [6, 6.07) is 51.1. The van der Waals surface area contributed by atoms with Gasteiger partial charge in [-0.1, -0.05) is 91.0 Å². The quantitative estimate of drug-likeness (QED) is 0.184. The van der Waals surface area contributed by atoms with E-state index in [1.54, 1.807) is 24.3 Å². The van der Waals surface area contributed by atoms with Gasteiger partial charge in [-0.3, -0.25) is 0 Å². The Hall–Kier alpha value is -6.98. The maximum atomic E-state index is 14.0. The molecule has 5 heteroatoms. The molecule has 9 aromatic rings. The minimum absolute atomic E-state index is 0.324. The van der Waals surface area contributed by atoms with E-state index in [1.807, 2.05) is 18.2 Å². The van der Waals surface area contributed by atoms with E-state index in [9.17, 15) is 8.78 Å². The number of para-hydroxylation sites is 1. The number of halogens is 2. The molecule has 2 aliphatic rings. The molecule has 0 aliphatic heterocycles. The fourth-order valence-corrected chi connectivity index (χ4v) is 8.68. The molecule has 1 unspecified atom stereocenters. The van der Waals surface area contributed by atoms with E-state index in [-0.39, 0.29) is 11.6 Å². The summed E-state index contributed by atoms with van der Waals surface area (Å²) in [4.78, 5) is 10.1. The van der Waals surface area contributed by atoms with Crippen molar-refractivity contribution in [3.63, 3.8) is 0 Å². The van der Waals surface area contributed by atoms with Gasteiger partial charge in [0, 0.05) is 27.5 Å². The lowest BCUT2D eigenvalue weighted by atomic mass is 9.66. The maximum absolute atomic E-state index is 14.0. The van der Waals surface area contributed by atoms with E-state index in [1.165, 1.54) is 52.1 Å². The van der Waals surface area contributed by atoms with E-state index in [0.29, 0.717) is 17.2 Å². The number of nitrogens with zero attached hydrogens (tertiary/aromatic N) is 2. The fraction of sp³-hybridized carbons (Fsp3) is 0.0204. The molecule has 2 aliphatic carbocycles. The Morgan fingerprint density at radius 1 is 0.426 bits per heavy atom. The van der Waals surface area contributed by atoms with Crippen molar-refractivity contribution in [2.45, 2.75) is 5.41 Å². The molecule has 0 amide bonds. The topological polar surface area (TPSA) is 38.9 Å². The lowest BCUT2D eigenvalue weighted by Crippen LogP contribution is -2.30. The molecule has 3 nitrogen and oxygen atoms in total. The zero-order chi connectivity index (χ0) is 36.0. The zero-order valence-electron chi connectivity index (χ0n) is 28.7. The van der Waals surface area contributed by atoms with Crippen molar-refractivity contribution in [2.24, 2.45) is 0 Å². The molecular formula is C49H28F2N2O. The molecule has 54 heavy (non-hydrogen) atoms. The number of benzene rings is 7. The SMILES string of the molecule is Fc1ccc(-c2cc(-c3ccc(F)cc3)nc(-c3ccc4c(c3)C=Cc3ccccc3C43c4ccccc4-c4cc5c(cc43)oc3ccccc35)n2)cc1. The number of furan rings is 1. The van der Waals surface area contributed by atoms with E-state index in [2.05, 4.69) is 103 Å². The molecule has 11 rings (SSSR count). The second kappa shape index (κ2) is 11.5. The van der Waals surface area contributed by atoms with Gasteiger partial charge in [-0.2, -0.15) is 0 Å². The summed E-state index contributed by atoms with van der Waals surface area (Å²) in [6.07, 6.45) is 4.39. The second-order valence-electron chi connectivity index (χ2n) is 14.0. The lowest BCUT2D eigenvalue weighted by molar-refractivity contribution is 0.627. The Balaban J connectivity index is 1.17. The van der Waals surface area contributed by atoms with Crippen LogP contribution in [0.25, 0.3) is 79.1 Å². The van der Waals surface area contributed by atoms with Gasteiger partial charge < -0.3 is 4.42 Å². The summed E-state index contributed by atoms with van der Waals surface area (Å²) >= 11 is 0. The average molecular weight is 699 g/mol.